The summed E-state index contributed by atoms with van der Waals surface area (Å²) in [6, 6.07) is 8.70. The van der Waals surface area contributed by atoms with Crippen molar-refractivity contribution in [3.8, 4) is 5.75 Å². The van der Waals surface area contributed by atoms with Crippen LogP contribution in [-0.4, -0.2) is 22.7 Å². The second-order valence-electron chi connectivity index (χ2n) is 4.31. The van der Waals surface area contributed by atoms with Crippen molar-refractivity contribution >= 4 is 22.6 Å². The molecule has 2 heterocycles. The molecule has 1 amide bonds. The minimum Gasteiger partial charge on any atom is -0.490 e. The van der Waals surface area contributed by atoms with Crippen LogP contribution in [0.4, 0.5) is 5.82 Å². The average molecular weight is 283 g/mol. The molecule has 2 N–H and O–H groups in total. The van der Waals surface area contributed by atoms with Crippen LogP contribution in [0.5, 0.6) is 5.75 Å². The highest BCUT2D eigenvalue weighted by atomic mass is 16.5. The van der Waals surface area contributed by atoms with Crippen LogP contribution in [0.3, 0.4) is 0 Å². The van der Waals surface area contributed by atoms with E-state index in [9.17, 15) is 4.79 Å². The summed E-state index contributed by atoms with van der Waals surface area (Å²) in [5.74, 6) is 0.976. The Bertz CT molecular complexity index is 775. The molecule has 3 rings (SSSR count). The first-order chi connectivity index (χ1) is 10.3. The molecule has 3 aromatic rings. The molecule has 0 bridgehead atoms. The number of furan rings is 1. The van der Waals surface area contributed by atoms with Crippen molar-refractivity contribution in [2.75, 3.05) is 11.9 Å². The molecule has 0 aliphatic heterocycles. The molecular weight excluding hydrogens is 270 g/mol. The number of H-pyrrole nitrogens is 1. The Balaban J connectivity index is 1.87. The van der Waals surface area contributed by atoms with Gasteiger partial charge in [0.2, 0.25) is 0 Å². The summed E-state index contributed by atoms with van der Waals surface area (Å²) in [4.78, 5) is 12.0. The molecule has 0 spiro atoms. The van der Waals surface area contributed by atoms with Gasteiger partial charge < -0.3 is 14.5 Å². The third-order valence-electron chi connectivity index (χ3n) is 2.88. The Kier molecular flexibility index (Phi) is 3.42. The first-order valence-corrected chi connectivity index (χ1v) is 6.34. The maximum atomic E-state index is 12.0. The van der Waals surface area contributed by atoms with Crippen molar-refractivity contribution in [2.24, 2.45) is 0 Å². The van der Waals surface area contributed by atoms with Gasteiger partial charge in [0.05, 0.1) is 11.8 Å². The lowest BCUT2D eigenvalue weighted by Gasteiger charge is -2.04. The zero-order chi connectivity index (χ0) is 14.7. The monoisotopic (exact) mass is 283 g/mol. The van der Waals surface area contributed by atoms with E-state index in [2.05, 4.69) is 22.1 Å². The maximum Gasteiger partial charge on any atom is 0.292 e. The summed E-state index contributed by atoms with van der Waals surface area (Å²) in [5, 5.41) is 10.4. The fraction of sp³-hybridized carbons (Fsp3) is 0.0667. The molecule has 0 unspecified atom stereocenters. The van der Waals surface area contributed by atoms with Gasteiger partial charge in [-0.2, -0.15) is 5.10 Å². The Hall–Kier alpha value is -3.02. The predicted octanol–water partition coefficient (Wildman–Crippen LogP) is 2.97. The number of carbonyl (C=O) groups excluding carboxylic acids is 1. The summed E-state index contributed by atoms with van der Waals surface area (Å²) in [5.41, 5.74) is 0.802. The van der Waals surface area contributed by atoms with E-state index in [0.29, 0.717) is 18.2 Å². The van der Waals surface area contributed by atoms with E-state index in [1.807, 2.05) is 12.1 Å². The molecule has 6 nitrogen and oxygen atoms in total. The van der Waals surface area contributed by atoms with E-state index >= 15 is 0 Å². The van der Waals surface area contributed by atoms with Gasteiger partial charge in [-0.25, -0.2) is 0 Å². The standard InChI is InChI=1S/C15H13N3O3/c1-2-7-20-10-5-6-12-11(9-10)14(18-17-12)16-15(19)13-4-3-8-21-13/h2-6,8-9H,1,7H2,(H2,16,17,18,19). The Morgan fingerprint density at radius 3 is 3.14 bits per heavy atom. The van der Waals surface area contributed by atoms with Crippen molar-refractivity contribution in [1.82, 2.24) is 10.2 Å². The van der Waals surface area contributed by atoms with Gasteiger partial charge in [0, 0.05) is 5.39 Å². The number of carbonyl (C=O) groups is 1. The minimum absolute atomic E-state index is 0.227. The lowest BCUT2D eigenvalue weighted by Crippen LogP contribution is -2.11. The number of ether oxygens (including phenoxy) is 1. The molecule has 106 valence electrons. The van der Waals surface area contributed by atoms with Crippen LogP contribution in [0.2, 0.25) is 0 Å². The molecule has 0 radical (unpaired) electrons. The van der Waals surface area contributed by atoms with Crippen LogP contribution in [0.15, 0.2) is 53.7 Å². The average Bonchev–Trinajstić information content (AvgIpc) is 3.15. The fourth-order valence-electron chi connectivity index (χ4n) is 1.91. The molecule has 21 heavy (non-hydrogen) atoms. The number of hydrogen-bond acceptors (Lipinski definition) is 4. The van der Waals surface area contributed by atoms with E-state index in [1.165, 1.54) is 6.26 Å². The van der Waals surface area contributed by atoms with E-state index in [-0.39, 0.29) is 11.7 Å². The molecule has 0 fully saturated rings. The molecule has 0 saturated heterocycles. The van der Waals surface area contributed by atoms with Gasteiger partial charge >= 0.3 is 0 Å². The van der Waals surface area contributed by atoms with Gasteiger partial charge in [0.1, 0.15) is 12.4 Å². The second kappa shape index (κ2) is 5.54. The summed E-state index contributed by atoms with van der Waals surface area (Å²) in [7, 11) is 0. The quantitative estimate of drug-likeness (QED) is 0.705. The van der Waals surface area contributed by atoms with Crippen molar-refractivity contribution < 1.29 is 13.9 Å². The van der Waals surface area contributed by atoms with Crippen LogP contribution in [0, 0.1) is 0 Å². The molecule has 0 aliphatic carbocycles. The van der Waals surface area contributed by atoms with E-state index < -0.39 is 0 Å². The Labute approximate surface area is 120 Å². The van der Waals surface area contributed by atoms with Crippen molar-refractivity contribution in [3.05, 3.63) is 55.0 Å². The normalized spacial score (nSPS) is 10.5. The van der Waals surface area contributed by atoms with Crippen LogP contribution in [0.25, 0.3) is 10.9 Å². The van der Waals surface area contributed by atoms with Crippen LogP contribution in [-0.2, 0) is 0 Å². The maximum absolute atomic E-state index is 12.0. The molecule has 0 atom stereocenters. The third kappa shape index (κ3) is 2.64. The number of benzene rings is 1. The largest absolute Gasteiger partial charge is 0.490 e. The highest BCUT2D eigenvalue weighted by Gasteiger charge is 2.13. The summed E-state index contributed by atoms with van der Waals surface area (Å²) in [6.07, 6.45) is 3.11. The van der Waals surface area contributed by atoms with Gasteiger partial charge in [-0.05, 0) is 30.3 Å². The minimum atomic E-state index is -0.356. The lowest BCUT2D eigenvalue weighted by molar-refractivity contribution is 0.0996. The summed E-state index contributed by atoms with van der Waals surface area (Å²) < 4.78 is 10.5. The highest BCUT2D eigenvalue weighted by molar-refractivity contribution is 6.06. The number of nitrogens with one attached hydrogen (secondary N) is 2. The number of nitrogens with zero attached hydrogens (tertiary/aromatic N) is 1. The number of amides is 1. The van der Waals surface area contributed by atoms with Crippen molar-refractivity contribution in [2.45, 2.75) is 0 Å². The molecule has 1 aromatic carbocycles. The SMILES string of the molecule is C=CCOc1ccc2[nH]nc(NC(=O)c3ccco3)c2c1. The third-order valence-corrected chi connectivity index (χ3v) is 2.88. The number of rotatable bonds is 5. The zero-order valence-corrected chi connectivity index (χ0v) is 11.1. The van der Waals surface area contributed by atoms with Gasteiger partial charge in [0.25, 0.3) is 5.91 Å². The first-order valence-electron chi connectivity index (χ1n) is 6.34. The van der Waals surface area contributed by atoms with Gasteiger partial charge in [-0.1, -0.05) is 12.7 Å². The van der Waals surface area contributed by atoms with Gasteiger partial charge in [-0.3, -0.25) is 9.89 Å². The molecule has 6 heteroatoms. The van der Waals surface area contributed by atoms with E-state index in [0.717, 1.165) is 10.9 Å². The van der Waals surface area contributed by atoms with Crippen molar-refractivity contribution in [1.29, 1.82) is 0 Å². The Morgan fingerprint density at radius 2 is 2.38 bits per heavy atom. The number of anilines is 1. The lowest BCUT2D eigenvalue weighted by atomic mass is 10.2. The van der Waals surface area contributed by atoms with Gasteiger partial charge in [0.15, 0.2) is 11.6 Å². The smallest absolute Gasteiger partial charge is 0.292 e. The fourth-order valence-corrected chi connectivity index (χ4v) is 1.91. The van der Waals surface area contributed by atoms with Crippen LogP contribution in [0.1, 0.15) is 10.6 Å². The number of hydrogen-bond donors (Lipinski definition) is 2. The van der Waals surface area contributed by atoms with Crippen molar-refractivity contribution in [3.63, 3.8) is 0 Å². The summed E-state index contributed by atoms with van der Waals surface area (Å²) in [6.45, 7) is 4.02. The molecule has 2 aromatic heterocycles. The second-order valence-corrected chi connectivity index (χ2v) is 4.31. The molecule has 0 saturated carbocycles. The number of aromatic nitrogens is 2. The van der Waals surface area contributed by atoms with Gasteiger partial charge in [-0.15, -0.1) is 0 Å². The molecule has 0 aliphatic rings. The first kappa shape index (κ1) is 13.0. The van der Waals surface area contributed by atoms with E-state index in [1.54, 1.807) is 24.3 Å². The zero-order valence-electron chi connectivity index (χ0n) is 11.1. The number of fused-ring (bicyclic) bond motifs is 1. The highest BCUT2D eigenvalue weighted by Crippen LogP contribution is 2.25. The van der Waals surface area contributed by atoms with E-state index in [4.69, 9.17) is 9.15 Å². The number of aromatic amines is 1. The summed E-state index contributed by atoms with van der Waals surface area (Å²) >= 11 is 0. The van der Waals surface area contributed by atoms with Crippen LogP contribution < -0.4 is 10.1 Å². The predicted molar refractivity (Wildman–Crippen MR) is 78.4 cm³/mol. The van der Waals surface area contributed by atoms with Crippen LogP contribution >= 0.6 is 0 Å². The Morgan fingerprint density at radius 1 is 1.48 bits per heavy atom. The topological polar surface area (TPSA) is 80.1 Å². The molecular formula is C15H13N3O3.